The molecule has 1 aliphatic heterocycles. The molecule has 4 rings (SSSR count). The molecule has 1 unspecified atom stereocenters. The van der Waals surface area contributed by atoms with Crippen LogP contribution in [0, 0.1) is 0 Å². The van der Waals surface area contributed by atoms with Crippen molar-refractivity contribution in [1.82, 2.24) is 0 Å². The van der Waals surface area contributed by atoms with Gasteiger partial charge in [-0.3, -0.25) is 14.4 Å². The van der Waals surface area contributed by atoms with E-state index in [0.717, 1.165) is 4.90 Å². The average molecular weight is 478 g/mol. The fourth-order valence-electron chi connectivity index (χ4n) is 3.42. The lowest BCUT2D eigenvalue weighted by Crippen LogP contribution is -2.26. The second kappa shape index (κ2) is 9.88. The highest BCUT2D eigenvalue weighted by atomic mass is 32.2. The molecular formula is C25H23N3O5S. The number of rotatable bonds is 6. The van der Waals surface area contributed by atoms with E-state index in [4.69, 9.17) is 9.47 Å². The van der Waals surface area contributed by atoms with Crippen LogP contribution in [0.1, 0.15) is 27.6 Å². The number of amides is 3. The predicted molar refractivity (Wildman–Crippen MR) is 132 cm³/mol. The van der Waals surface area contributed by atoms with Gasteiger partial charge in [-0.1, -0.05) is 18.2 Å². The number of benzene rings is 3. The summed E-state index contributed by atoms with van der Waals surface area (Å²) in [7, 11) is 2.93. The fraction of sp³-hybridized carbons (Fsp3) is 0.160. The lowest BCUT2D eigenvalue weighted by Gasteiger charge is -2.22. The Kier molecular flexibility index (Phi) is 6.74. The Morgan fingerprint density at radius 2 is 1.44 bits per heavy atom. The number of methoxy groups -OCH3 is 2. The van der Waals surface area contributed by atoms with Gasteiger partial charge in [0.25, 0.3) is 11.8 Å². The van der Waals surface area contributed by atoms with Crippen LogP contribution in [0.5, 0.6) is 11.5 Å². The molecule has 0 radical (unpaired) electrons. The van der Waals surface area contributed by atoms with Crippen LogP contribution < -0.4 is 25.4 Å². The van der Waals surface area contributed by atoms with E-state index in [2.05, 4.69) is 16.0 Å². The molecule has 1 aliphatic rings. The van der Waals surface area contributed by atoms with Crippen LogP contribution in [0.4, 0.5) is 17.1 Å². The van der Waals surface area contributed by atoms with Crippen molar-refractivity contribution in [1.29, 1.82) is 0 Å². The Bertz CT molecular complexity index is 1260. The number of nitrogens with one attached hydrogen (secondary N) is 3. The molecule has 8 nitrogen and oxygen atoms in total. The zero-order valence-electron chi connectivity index (χ0n) is 18.8. The Hall–Kier alpha value is -3.98. The largest absolute Gasteiger partial charge is 0.494 e. The molecule has 3 aromatic carbocycles. The lowest BCUT2D eigenvalue weighted by molar-refractivity contribution is -0.115. The third-order valence-corrected chi connectivity index (χ3v) is 6.40. The first-order valence-corrected chi connectivity index (χ1v) is 11.3. The smallest absolute Gasteiger partial charge is 0.255 e. The molecule has 3 amide bonds. The zero-order chi connectivity index (χ0) is 24.2. The van der Waals surface area contributed by atoms with Gasteiger partial charge in [0.1, 0.15) is 11.5 Å². The first kappa shape index (κ1) is 23.2. The van der Waals surface area contributed by atoms with Gasteiger partial charge < -0.3 is 25.4 Å². The summed E-state index contributed by atoms with van der Waals surface area (Å²) in [5.41, 5.74) is 2.23. The average Bonchev–Trinajstić information content (AvgIpc) is 2.85. The van der Waals surface area contributed by atoms with Crippen molar-refractivity contribution >= 4 is 46.5 Å². The lowest BCUT2D eigenvalue weighted by atomic mass is 10.1. The highest BCUT2D eigenvalue weighted by Gasteiger charge is 2.24. The van der Waals surface area contributed by atoms with Crippen LogP contribution in [0.25, 0.3) is 0 Å². The minimum atomic E-state index is -0.387. The molecule has 0 bridgehead atoms. The molecule has 0 fully saturated rings. The molecule has 0 saturated carbocycles. The maximum absolute atomic E-state index is 13.0. The molecule has 3 aromatic rings. The molecule has 0 aliphatic carbocycles. The monoisotopic (exact) mass is 477 g/mol. The van der Waals surface area contributed by atoms with Crippen molar-refractivity contribution in [3.05, 3.63) is 71.8 Å². The first-order valence-electron chi connectivity index (χ1n) is 10.4. The number of hydrogen-bond acceptors (Lipinski definition) is 6. The van der Waals surface area contributed by atoms with Gasteiger partial charge in [-0.15, -0.1) is 11.8 Å². The van der Waals surface area contributed by atoms with Gasteiger partial charge in [-0.25, -0.2) is 0 Å². The Balaban J connectivity index is 1.57. The number of hydrogen-bond donors (Lipinski definition) is 3. The van der Waals surface area contributed by atoms with Crippen molar-refractivity contribution in [2.75, 3.05) is 30.2 Å². The molecule has 174 valence electrons. The second-order valence-electron chi connectivity index (χ2n) is 7.49. The maximum Gasteiger partial charge on any atom is 0.255 e. The summed E-state index contributed by atoms with van der Waals surface area (Å²) in [4.78, 5) is 38.4. The SMILES string of the molecule is COc1cc(NC(=O)c2ccc3c(c2)NC(=O)C(C)S3)c(OC)cc1NC(=O)c1ccccc1. The quantitative estimate of drug-likeness (QED) is 0.478. The Morgan fingerprint density at radius 3 is 2.03 bits per heavy atom. The van der Waals surface area contributed by atoms with Crippen LogP contribution in [0.15, 0.2) is 65.6 Å². The minimum Gasteiger partial charge on any atom is -0.494 e. The molecule has 9 heteroatoms. The summed E-state index contributed by atoms with van der Waals surface area (Å²) >= 11 is 1.45. The summed E-state index contributed by atoms with van der Waals surface area (Å²) in [6, 6.07) is 17.1. The molecule has 0 saturated heterocycles. The van der Waals surface area contributed by atoms with E-state index >= 15 is 0 Å². The number of fused-ring (bicyclic) bond motifs is 1. The molecular weight excluding hydrogens is 454 g/mol. The van der Waals surface area contributed by atoms with Crippen LogP contribution in [0.2, 0.25) is 0 Å². The number of carbonyl (C=O) groups excluding carboxylic acids is 3. The van der Waals surface area contributed by atoms with Crippen molar-refractivity contribution in [2.45, 2.75) is 17.1 Å². The topological polar surface area (TPSA) is 106 Å². The highest BCUT2D eigenvalue weighted by Crippen LogP contribution is 2.38. The van der Waals surface area contributed by atoms with Crippen LogP contribution in [-0.4, -0.2) is 37.2 Å². The normalized spacial score (nSPS) is 14.4. The van der Waals surface area contributed by atoms with E-state index in [1.54, 1.807) is 48.5 Å². The van der Waals surface area contributed by atoms with Crippen molar-refractivity contribution in [3.63, 3.8) is 0 Å². The minimum absolute atomic E-state index is 0.102. The van der Waals surface area contributed by atoms with E-state index in [-0.39, 0.29) is 23.0 Å². The molecule has 3 N–H and O–H groups in total. The molecule has 34 heavy (non-hydrogen) atoms. The predicted octanol–water partition coefficient (Wildman–Crippen LogP) is 4.64. The van der Waals surface area contributed by atoms with Crippen molar-refractivity contribution < 1.29 is 23.9 Å². The van der Waals surface area contributed by atoms with Crippen molar-refractivity contribution in [2.24, 2.45) is 0 Å². The van der Waals surface area contributed by atoms with Crippen LogP contribution in [0.3, 0.4) is 0 Å². The number of carbonyl (C=O) groups is 3. The second-order valence-corrected chi connectivity index (χ2v) is 8.87. The molecule has 0 aromatic heterocycles. The van der Waals surface area contributed by atoms with Crippen LogP contribution in [-0.2, 0) is 4.79 Å². The van der Waals surface area contributed by atoms with E-state index in [9.17, 15) is 14.4 Å². The maximum atomic E-state index is 13.0. The highest BCUT2D eigenvalue weighted by molar-refractivity contribution is 8.00. The van der Waals surface area contributed by atoms with Gasteiger partial charge in [0.15, 0.2) is 0 Å². The number of anilines is 3. The fourth-order valence-corrected chi connectivity index (χ4v) is 4.35. The van der Waals surface area contributed by atoms with Crippen LogP contribution >= 0.6 is 11.8 Å². The van der Waals surface area contributed by atoms with Gasteiger partial charge in [-0.2, -0.15) is 0 Å². The summed E-state index contributed by atoms with van der Waals surface area (Å²) in [6.07, 6.45) is 0. The summed E-state index contributed by atoms with van der Waals surface area (Å²) in [5.74, 6) is -0.102. The Labute approximate surface area is 201 Å². The standard InChI is InChI=1S/C25H23N3O5S/c1-14-23(29)28-19-11-16(9-10-22(19)34-14)25(31)27-18-13-20(32-2)17(12-21(18)33-3)26-24(30)15-7-5-4-6-8-15/h4-14H,1-3H3,(H,26,30)(H,27,31)(H,28,29). The van der Waals surface area contributed by atoms with Gasteiger partial charge in [-0.05, 0) is 37.3 Å². The molecule has 1 atom stereocenters. The third kappa shape index (κ3) is 4.84. The Morgan fingerprint density at radius 1 is 0.853 bits per heavy atom. The zero-order valence-corrected chi connectivity index (χ0v) is 19.6. The summed E-state index contributed by atoms with van der Waals surface area (Å²) in [6.45, 7) is 1.83. The van der Waals surface area contributed by atoms with E-state index in [0.29, 0.717) is 39.7 Å². The number of thioether (sulfide) groups is 1. The first-order chi connectivity index (χ1) is 16.4. The van der Waals surface area contributed by atoms with Crippen molar-refractivity contribution in [3.8, 4) is 11.5 Å². The number of ether oxygens (including phenoxy) is 2. The van der Waals surface area contributed by atoms with Gasteiger partial charge in [0, 0.05) is 28.2 Å². The third-order valence-electron chi connectivity index (χ3n) is 5.23. The van der Waals surface area contributed by atoms with Gasteiger partial charge in [0.2, 0.25) is 5.91 Å². The summed E-state index contributed by atoms with van der Waals surface area (Å²) in [5, 5.41) is 8.26. The van der Waals surface area contributed by atoms with E-state index in [1.165, 1.54) is 26.0 Å². The van der Waals surface area contributed by atoms with E-state index in [1.807, 2.05) is 19.1 Å². The molecule has 1 heterocycles. The van der Waals surface area contributed by atoms with Gasteiger partial charge in [0.05, 0.1) is 36.5 Å². The van der Waals surface area contributed by atoms with Gasteiger partial charge >= 0.3 is 0 Å². The molecule has 0 spiro atoms. The van der Waals surface area contributed by atoms with E-state index < -0.39 is 0 Å². The summed E-state index contributed by atoms with van der Waals surface area (Å²) < 4.78 is 10.9.